The van der Waals surface area contributed by atoms with Crippen molar-refractivity contribution in [3.8, 4) is 5.75 Å². The highest BCUT2D eigenvalue weighted by Gasteiger charge is 2.24. The molecule has 0 radical (unpaired) electrons. The van der Waals surface area contributed by atoms with Gasteiger partial charge in [0.1, 0.15) is 28.5 Å². The van der Waals surface area contributed by atoms with Crippen molar-refractivity contribution in [2.75, 3.05) is 38.2 Å². The minimum Gasteiger partial charge on any atom is -0.495 e. The number of methoxy groups -OCH3 is 1. The molecule has 9 heteroatoms. The number of fused-ring (bicyclic) bond motifs is 3. The molecule has 4 aromatic rings. The van der Waals surface area contributed by atoms with Crippen LogP contribution in [0.3, 0.4) is 0 Å². The highest BCUT2D eigenvalue weighted by molar-refractivity contribution is 7.16. The maximum Gasteiger partial charge on any atom is 0.291 e. The number of nitrogens with zero attached hydrogens (tertiary/aromatic N) is 5. The second kappa shape index (κ2) is 7.73. The van der Waals surface area contributed by atoms with Crippen LogP contribution in [0.4, 0.5) is 5.69 Å². The quantitative estimate of drug-likeness (QED) is 0.490. The molecule has 31 heavy (non-hydrogen) atoms. The van der Waals surface area contributed by atoms with E-state index in [-0.39, 0.29) is 18.0 Å². The van der Waals surface area contributed by atoms with E-state index in [9.17, 15) is 9.59 Å². The van der Waals surface area contributed by atoms with Gasteiger partial charge in [-0.05, 0) is 36.6 Å². The molecule has 8 nitrogen and oxygen atoms in total. The predicted molar refractivity (Wildman–Crippen MR) is 121 cm³/mol. The van der Waals surface area contributed by atoms with Gasteiger partial charge in [-0.2, -0.15) is 5.10 Å². The first-order chi connectivity index (χ1) is 15.1. The highest BCUT2D eigenvalue weighted by atomic mass is 32.1. The molecular weight excluding hydrogens is 414 g/mol. The molecule has 1 aliphatic heterocycles. The number of aromatic nitrogens is 3. The van der Waals surface area contributed by atoms with E-state index in [0.717, 1.165) is 21.7 Å². The maximum absolute atomic E-state index is 13.0. The van der Waals surface area contributed by atoms with Crippen molar-refractivity contribution in [2.45, 2.75) is 13.5 Å². The SMILES string of the molecule is COc1ccccc1N1CCN(C(=O)Cn2nc(C)n3c(cc4ccsc43)c2=O)CC1. The number of para-hydroxylation sites is 2. The summed E-state index contributed by atoms with van der Waals surface area (Å²) in [5, 5.41) is 7.44. The van der Waals surface area contributed by atoms with E-state index in [1.54, 1.807) is 23.3 Å². The number of piperazine rings is 1. The first-order valence-electron chi connectivity index (χ1n) is 10.2. The number of ether oxygens (including phenoxy) is 1. The van der Waals surface area contributed by atoms with Gasteiger partial charge in [-0.25, -0.2) is 4.68 Å². The minimum absolute atomic E-state index is 0.0519. The van der Waals surface area contributed by atoms with E-state index in [0.29, 0.717) is 37.5 Å². The van der Waals surface area contributed by atoms with Gasteiger partial charge in [-0.3, -0.25) is 14.0 Å². The first kappa shape index (κ1) is 19.6. The Morgan fingerprint density at radius 1 is 1.16 bits per heavy atom. The van der Waals surface area contributed by atoms with Gasteiger partial charge in [-0.15, -0.1) is 11.3 Å². The number of aryl methyl sites for hydroxylation is 1. The molecule has 0 N–H and O–H groups in total. The van der Waals surface area contributed by atoms with Crippen LogP contribution in [0.25, 0.3) is 15.7 Å². The minimum atomic E-state index is -0.241. The number of amides is 1. The number of thiophene rings is 1. The monoisotopic (exact) mass is 437 g/mol. The van der Waals surface area contributed by atoms with Crippen LogP contribution in [0.5, 0.6) is 5.75 Å². The Bertz CT molecular complexity index is 1330. The number of rotatable bonds is 4. The average Bonchev–Trinajstić information content (AvgIpc) is 3.39. The van der Waals surface area contributed by atoms with E-state index in [1.807, 2.05) is 53.1 Å². The number of anilines is 1. The molecule has 1 aliphatic rings. The van der Waals surface area contributed by atoms with Crippen LogP contribution in [0.2, 0.25) is 0 Å². The summed E-state index contributed by atoms with van der Waals surface area (Å²) >= 11 is 1.58. The molecule has 5 rings (SSSR count). The molecule has 0 aliphatic carbocycles. The highest BCUT2D eigenvalue weighted by Crippen LogP contribution is 2.28. The molecule has 0 bridgehead atoms. The van der Waals surface area contributed by atoms with E-state index >= 15 is 0 Å². The number of hydrogen-bond acceptors (Lipinski definition) is 6. The van der Waals surface area contributed by atoms with Crippen LogP contribution >= 0.6 is 11.3 Å². The van der Waals surface area contributed by atoms with Crippen molar-refractivity contribution in [3.05, 3.63) is 58.0 Å². The zero-order valence-corrected chi connectivity index (χ0v) is 18.3. The van der Waals surface area contributed by atoms with Crippen molar-refractivity contribution in [1.82, 2.24) is 19.1 Å². The summed E-state index contributed by atoms with van der Waals surface area (Å²) in [6.45, 7) is 4.41. The molecule has 4 heterocycles. The fraction of sp³-hybridized carbons (Fsp3) is 0.318. The average molecular weight is 438 g/mol. The third-order valence-corrected chi connectivity index (χ3v) is 6.71. The third kappa shape index (κ3) is 3.34. The first-order valence-corrected chi connectivity index (χ1v) is 11.1. The van der Waals surface area contributed by atoms with Gasteiger partial charge in [0.05, 0.1) is 12.8 Å². The summed E-state index contributed by atoms with van der Waals surface area (Å²) < 4.78 is 8.62. The second-order valence-electron chi connectivity index (χ2n) is 7.60. The standard InChI is InChI=1S/C22H23N5O3S/c1-15-23-26(21(29)18-13-16-7-12-31-22(16)27(15)18)14-20(28)25-10-8-24(9-11-25)17-5-3-4-6-19(17)30-2/h3-7,12-13H,8-11,14H2,1-2H3. The molecular formula is C22H23N5O3S. The lowest BCUT2D eigenvalue weighted by Crippen LogP contribution is -2.50. The molecule has 1 aromatic carbocycles. The summed E-state index contributed by atoms with van der Waals surface area (Å²) in [7, 11) is 1.66. The lowest BCUT2D eigenvalue weighted by Gasteiger charge is -2.36. The largest absolute Gasteiger partial charge is 0.495 e. The van der Waals surface area contributed by atoms with Gasteiger partial charge in [-0.1, -0.05) is 12.1 Å². The molecule has 0 atom stereocenters. The van der Waals surface area contributed by atoms with Crippen LogP contribution in [-0.2, 0) is 11.3 Å². The van der Waals surface area contributed by atoms with Crippen molar-refractivity contribution in [1.29, 1.82) is 0 Å². The Kier molecular flexibility index (Phi) is 4.90. The van der Waals surface area contributed by atoms with Gasteiger partial charge in [0, 0.05) is 31.6 Å². The Morgan fingerprint density at radius 3 is 2.71 bits per heavy atom. The third-order valence-electron chi connectivity index (χ3n) is 5.80. The van der Waals surface area contributed by atoms with Crippen molar-refractivity contribution in [2.24, 2.45) is 0 Å². The van der Waals surface area contributed by atoms with Crippen molar-refractivity contribution >= 4 is 38.7 Å². The molecule has 1 amide bonds. The Hall–Kier alpha value is -3.33. The predicted octanol–water partition coefficient (Wildman–Crippen LogP) is 2.38. The van der Waals surface area contributed by atoms with Crippen LogP contribution in [-0.4, -0.2) is 58.3 Å². The lowest BCUT2D eigenvalue weighted by molar-refractivity contribution is -0.132. The van der Waals surface area contributed by atoms with E-state index in [2.05, 4.69) is 10.00 Å². The molecule has 160 valence electrons. The molecule has 1 fully saturated rings. The summed E-state index contributed by atoms with van der Waals surface area (Å²) in [6.07, 6.45) is 0. The van der Waals surface area contributed by atoms with Gasteiger partial charge >= 0.3 is 0 Å². The Morgan fingerprint density at radius 2 is 1.94 bits per heavy atom. The summed E-state index contributed by atoms with van der Waals surface area (Å²) in [4.78, 5) is 30.9. The zero-order chi connectivity index (χ0) is 21.5. The second-order valence-corrected chi connectivity index (χ2v) is 8.49. The number of carbonyl (C=O) groups is 1. The Balaban J connectivity index is 1.32. The van der Waals surface area contributed by atoms with E-state index in [1.165, 1.54) is 4.68 Å². The summed E-state index contributed by atoms with van der Waals surface area (Å²) in [5.74, 6) is 1.43. The molecule has 0 saturated carbocycles. The smallest absolute Gasteiger partial charge is 0.291 e. The lowest BCUT2D eigenvalue weighted by atomic mass is 10.2. The van der Waals surface area contributed by atoms with Crippen molar-refractivity contribution in [3.63, 3.8) is 0 Å². The molecule has 0 unspecified atom stereocenters. The van der Waals surface area contributed by atoms with Crippen molar-refractivity contribution < 1.29 is 9.53 Å². The summed E-state index contributed by atoms with van der Waals surface area (Å²) in [5.41, 5.74) is 1.35. The van der Waals surface area contributed by atoms with Gasteiger partial charge in [0.15, 0.2) is 0 Å². The molecule has 1 saturated heterocycles. The van der Waals surface area contributed by atoms with Gasteiger partial charge in [0.2, 0.25) is 5.91 Å². The number of benzene rings is 1. The fourth-order valence-electron chi connectivity index (χ4n) is 4.22. The van der Waals surface area contributed by atoms with Gasteiger partial charge in [0.25, 0.3) is 5.56 Å². The zero-order valence-electron chi connectivity index (χ0n) is 17.4. The van der Waals surface area contributed by atoms with E-state index < -0.39 is 0 Å². The Labute approximate surface area is 182 Å². The van der Waals surface area contributed by atoms with Crippen LogP contribution in [0.15, 0.2) is 46.6 Å². The van der Waals surface area contributed by atoms with Crippen LogP contribution in [0, 0.1) is 6.92 Å². The molecule has 0 spiro atoms. The number of carbonyl (C=O) groups excluding carboxylic acids is 1. The fourth-order valence-corrected chi connectivity index (χ4v) is 5.17. The molecule has 3 aromatic heterocycles. The summed E-state index contributed by atoms with van der Waals surface area (Å²) in [6, 6.07) is 11.8. The van der Waals surface area contributed by atoms with Crippen LogP contribution < -0.4 is 15.2 Å². The van der Waals surface area contributed by atoms with Gasteiger partial charge < -0.3 is 14.5 Å². The topological polar surface area (TPSA) is 72.1 Å². The van der Waals surface area contributed by atoms with Crippen LogP contribution in [0.1, 0.15) is 5.82 Å². The normalized spacial score (nSPS) is 14.5. The van der Waals surface area contributed by atoms with E-state index in [4.69, 9.17) is 4.74 Å². The number of hydrogen-bond donors (Lipinski definition) is 0. The maximum atomic E-state index is 13.0.